The fourth-order valence-electron chi connectivity index (χ4n) is 7.44. The van der Waals surface area contributed by atoms with Crippen molar-refractivity contribution in [3.05, 3.63) is 248 Å². The molecular formula is C50H37N5O3. The summed E-state index contributed by atoms with van der Waals surface area (Å²) >= 11 is 0. The van der Waals surface area contributed by atoms with E-state index in [1.54, 1.807) is 6.08 Å². The first-order chi connectivity index (χ1) is 28.5. The van der Waals surface area contributed by atoms with Crippen LogP contribution < -0.4 is 21.4 Å². The summed E-state index contributed by atoms with van der Waals surface area (Å²) in [7, 11) is 0. The van der Waals surface area contributed by atoms with Crippen LogP contribution in [0.3, 0.4) is 0 Å². The fraction of sp³-hybridized carbons (Fsp3) is 0. The number of aromatic amines is 4. The predicted molar refractivity (Wildman–Crippen MR) is 230 cm³/mol. The number of amides is 1. The van der Waals surface area contributed by atoms with Crippen molar-refractivity contribution in [3.63, 3.8) is 0 Å². The van der Waals surface area contributed by atoms with Crippen molar-refractivity contribution in [2.24, 2.45) is 4.99 Å². The Morgan fingerprint density at radius 3 is 1.29 bits per heavy atom. The lowest BCUT2D eigenvalue weighted by molar-refractivity contribution is -0.104. The van der Waals surface area contributed by atoms with Gasteiger partial charge in [-0.3, -0.25) is 4.79 Å². The molecule has 0 unspecified atom stereocenters. The van der Waals surface area contributed by atoms with Crippen molar-refractivity contribution in [1.82, 2.24) is 19.9 Å². The van der Waals surface area contributed by atoms with E-state index in [2.05, 4.69) is 171 Å². The maximum atomic E-state index is 11.7. The van der Waals surface area contributed by atoms with Gasteiger partial charge in [-0.1, -0.05) is 121 Å². The summed E-state index contributed by atoms with van der Waals surface area (Å²) in [6, 6.07) is 56.9. The molecule has 8 bridgehead atoms. The number of aliphatic imine (C=N–C) groups is 1. The lowest BCUT2D eigenvalue weighted by atomic mass is 10.0. The van der Waals surface area contributed by atoms with Gasteiger partial charge in [-0.15, -0.1) is 4.99 Å². The first kappa shape index (κ1) is 36.8. The van der Waals surface area contributed by atoms with Crippen LogP contribution in [-0.4, -0.2) is 43.3 Å². The first-order valence-corrected chi connectivity index (χ1v) is 18.6. The Morgan fingerprint density at radius 2 is 0.914 bits per heavy atom. The Labute approximate surface area is 333 Å². The van der Waals surface area contributed by atoms with Crippen LogP contribution in [0.1, 0.15) is 50.6 Å². The van der Waals surface area contributed by atoms with Crippen LogP contribution >= 0.6 is 0 Å². The number of fused-ring (bicyclic) bond motifs is 8. The van der Waals surface area contributed by atoms with Gasteiger partial charge in [0.25, 0.3) is 0 Å². The Bertz CT molecular complexity index is 3090. The Kier molecular flexibility index (Phi) is 10.6. The van der Waals surface area contributed by atoms with E-state index in [0.29, 0.717) is 0 Å². The van der Waals surface area contributed by atoms with E-state index < -0.39 is 6.09 Å². The van der Waals surface area contributed by atoms with Crippen LogP contribution in [0, 0.1) is 0 Å². The number of carboxylic acid groups (broad SMARTS) is 1. The number of carbonyl (C=O) groups is 2. The molecule has 4 aromatic heterocycles. The number of nitrogens with zero attached hydrogens (tertiary/aromatic N) is 1. The zero-order valence-corrected chi connectivity index (χ0v) is 31.2. The topological polar surface area (TPSA) is 130 Å². The molecule has 5 heterocycles. The molecule has 8 nitrogen and oxygen atoms in total. The van der Waals surface area contributed by atoms with Gasteiger partial charge in [-0.2, -0.15) is 0 Å². The maximum absolute atomic E-state index is 11.7. The smallest absolute Gasteiger partial charge is 0.439 e. The quantitative estimate of drug-likeness (QED) is 0.0710. The number of allylic oxidation sites excluding steroid dienone is 1. The predicted octanol–water partition coefficient (Wildman–Crippen LogP) is 7.03. The Morgan fingerprint density at radius 1 is 0.517 bits per heavy atom. The molecule has 0 atom stereocenters. The van der Waals surface area contributed by atoms with Gasteiger partial charge in [0.2, 0.25) is 0 Å². The second kappa shape index (κ2) is 16.7. The number of H-pyrrole nitrogens is 4. The van der Waals surface area contributed by atoms with Gasteiger partial charge < -0.3 is 25.0 Å². The molecule has 1 aliphatic heterocycles. The third-order valence-corrected chi connectivity index (χ3v) is 9.82. The van der Waals surface area contributed by atoms with Gasteiger partial charge in [0.05, 0.1) is 5.35 Å². The van der Waals surface area contributed by atoms with E-state index in [9.17, 15) is 9.59 Å². The third kappa shape index (κ3) is 7.55. The fourth-order valence-corrected chi connectivity index (χ4v) is 7.44. The van der Waals surface area contributed by atoms with E-state index in [1.165, 1.54) is 0 Å². The molecule has 0 aliphatic carbocycles. The minimum Gasteiger partial charge on any atom is -0.463 e. The molecule has 1 amide bonds. The van der Waals surface area contributed by atoms with E-state index in [0.717, 1.165) is 101 Å². The summed E-state index contributed by atoms with van der Waals surface area (Å²) in [5, 5.41) is 11.5. The standard InChI is InChI=1S/C47H34N4O.C3H3NO2/c52-29-13-22-35-30-42-45(33-18-9-3-10-19-33)40-26-25-38(49-40)43(31-14-5-1-6-15-31)36-23-24-37(48-36)44(32-16-7-2-8-17-32)39-27-28-41(50-39)46(47(35)51-42)34-20-11-4-12-21-34;1-2-4-3(5)6/h1-30,48-51H;1H2,(H,5,6)/b22-13+,43-36?,43-38?,44-37?,44-39?,45-40?,45-42?,46-41?,47-46?;. The molecule has 58 heavy (non-hydrogen) atoms. The molecule has 9 rings (SSSR count). The zero-order chi connectivity index (χ0) is 39.8. The molecule has 8 heteroatoms. The van der Waals surface area contributed by atoms with E-state index in [4.69, 9.17) is 5.11 Å². The summed E-state index contributed by atoms with van der Waals surface area (Å²) in [5.41, 5.74) is 13.2. The largest absolute Gasteiger partial charge is 0.463 e. The maximum Gasteiger partial charge on any atom is 0.439 e. The monoisotopic (exact) mass is 755 g/mol. The molecular weight excluding hydrogens is 719 g/mol. The number of nitrogens with one attached hydrogen (secondary N) is 4. The van der Waals surface area contributed by atoms with Crippen LogP contribution in [0.5, 0.6) is 0 Å². The number of hydrogen-bond donors (Lipinski definition) is 5. The summed E-state index contributed by atoms with van der Waals surface area (Å²) in [4.78, 5) is 39.1. The van der Waals surface area contributed by atoms with Gasteiger partial charge in [-0.25, -0.2) is 4.79 Å². The minimum atomic E-state index is -1.26. The number of carbonyl (C=O) groups excluding carboxylic acids is 1. The van der Waals surface area contributed by atoms with Crippen LogP contribution in [0.2, 0.25) is 0 Å². The molecule has 0 saturated carbocycles. The second-order valence-corrected chi connectivity index (χ2v) is 13.4. The Balaban J connectivity index is 0.000000729. The highest BCUT2D eigenvalue weighted by Crippen LogP contribution is 2.28. The summed E-state index contributed by atoms with van der Waals surface area (Å²) in [6.07, 6.45) is 3.01. The molecule has 0 spiro atoms. The first-order valence-electron chi connectivity index (χ1n) is 18.6. The average Bonchev–Trinajstić information content (AvgIpc) is 4.09. The lowest BCUT2D eigenvalue weighted by Gasteiger charge is -2.10. The van der Waals surface area contributed by atoms with Gasteiger partial charge in [-0.05, 0) is 89.3 Å². The van der Waals surface area contributed by atoms with E-state index >= 15 is 0 Å². The highest BCUT2D eigenvalue weighted by Gasteiger charge is 2.19. The Hall–Kier alpha value is -8.19. The average molecular weight is 756 g/mol. The second-order valence-electron chi connectivity index (χ2n) is 13.4. The minimum absolute atomic E-state index is 0.826. The number of rotatable bonds is 6. The molecule has 8 aromatic rings. The van der Waals surface area contributed by atoms with Crippen molar-refractivity contribution < 1.29 is 14.7 Å². The number of aldehydes is 1. The number of aromatic nitrogens is 4. The van der Waals surface area contributed by atoms with Crippen molar-refractivity contribution in [3.8, 4) is 0 Å². The summed E-state index contributed by atoms with van der Waals surface area (Å²) < 4.78 is 0. The van der Waals surface area contributed by atoms with Crippen LogP contribution in [0.15, 0.2) is 181 Å². The molecule has 0 fully saturated rings. The summed E-state index contributed by atoms with van der Waals surface area (Å²) in [6.45, 7) is 2.93. The summed E-state index contributed by atoms with van der Waals surface area (Å²) in [5.74, 6) is 1.84. The van der Waals surface area contributed by atoms with Crippen molar-refractivity contribution >= 4 is 46.6 Å². The normalized spacial score (nSPS) is 12.1. The zero-order valence-electron chi connectivity index (χ0n) is 31.2. The molecule has 0 radical (unpaired) electrons. The van der Waals surface area contributed by atoms with Crippen molar-refractivity contribution in [1.29, 1.82) is 0 Å². The van der Waals surface area contributed by atoms with Gasteiger partial charge in [0.15, 0.2) is 0 Å². The van der Waals surface area contributed by atoms with Crippen LogP contribution in [-0.2, 0) is 4.79 Å². The number of hydrogen-bond acceptors (Lipinski definition) is 2. The van der Waals surface area contributed by atoms with Gasteiger partial charge in [0, 0.05) is 66.7 Å². The van der Waals surface area contributed by atoms with E-state index in [1.807, 2.05) is 36.2 Å². The lowest BCUT2D eigenvalue weighted by Crippen LogP contribution is -2.19. The molecule has 4 aromatic carbocycles. The highest BCUT2D eigenvalue weighted by molar-refractivity contribution is 5.86. The highest BCUT2D eigenvalue weighted by atomic mass is 16.4. The van der Waals surface area contributed by atoms with Gasteiger partial charge >= 0.3 is 6.09 Å². The molecule has 1 aliphatic rings. The molecule has 0 saturated heterocycles. The SMILES string of the molecule is C=C=NC(=O)O.O=C/C=C/c1cc2[nH]c1=C(c1ccccc1)c1ccc([nH]1)C(c1ccccc1)=c1ccc([nH]1)=C(c1ccccc1)c1ccc([nH]1)C=2c1ccccc1. The van der Waals surface area contributed by atoms with E-state index in [-0.39, 0.29) is 0 Å². The van der Waals surface area contributed by atoms with Crippen molar-refractivity contribution in [2.75, 3.05) is 0 Å². The van der Waals surface area contributed by atoms with Crippen LogP contribution in [0.25, 0.3) is 28.4 Å². The third-order valence-electron chi connectivity index (χ3n) is 9.82. The molecule has 280 valence electrons. The van der Waals surface area contributed by atoms with Crippen LogP contribution in [0.4, 0.5) is 4.79 Å². The number of benzene rings is 4. The molecule has 5 N–H and O–H groups in total. The van der Waals surface area contributed by atoms with Gasteiger partial charge in [0.1, 0.15) is 6.29 Å². The van der Waals surface area contributed by atoms with Crippen molar-refractivity contribution in [2.45, 2.75) is 0 Å².